The van der Waals surface area contributed by atoms with E-state index in [1.54, 1.807) is 0 Å². The third-order valence-electron chi connectivity index (χ3n) is 3.81. The summed E-state index contributed by atoms with van der Waals surface area (Å²) in [4.78, 5) is 4.56. The molecule has 0 bridgehead atoms. The van der Waals surface area contributed by atoms with Crippen LogP contribution in [0.5, 0.6) is 0 Å². The van der Waals surface area contributed by atoms with Crippen LogP contribution >= 0.6 is 0 Å². The predicted molar refractivity (Wildman–Crippen MR) is 76.9 cm³/mol. The summed E-state index contributed by atoms with van der Waals surface area (Å²) < 4.78 is 0. The largest absolute Gasteiger partial charge is 0.302 e. The van der Waals surface area contributed by atoms with Crippen LogP contribution in [0.4, 0.5) is 0 Å². The molecule has 0 amide bonds. The Bertz CT molecular complexity index is 749. The van der Waals surface area contributed by atoms with E-state index in [1.165, 1.54) is 22.1 Å². The molecule has 1 aromatic heterocycles. The Morgan fingerprint density at radius 2 is 1.84 bits per heavy atom. The molecule has 92 valence electrons. The van der Waals surface area contributed by atoms with Gasteiger partial charge in [-0.15, -0.1) is 0 Å². The fraction of sp³-hybridized carbons (Fsp3) is 0.118. The molecule has 0 spiro atoms. The quantitative estimate of drug-likeness (QED) is 0.711. The number of rotatable bonds is 1. The number of hydrogen-bond acceptors (Lipinski definition) is 2. The van der Waals surface area contributed by atoms with Gasteiger partial charge in [-0.05, 0) is 28.8 Å². The van der Waals surface area contributed by atoms with Crippen molar-refractivity contribution >= 4 is 10.9 Å². The van der Waals surface area contributed by atoms with Gasteiger partial charge in [-0.25, -0.2) is 0 Å². The summed E-state index contributed by atoms with van der Waals surface area (Å²) in [7, 11) is 0. The van der Waals surface area contributed by atoms with E-state index in [0.717, 1.165) is 12.1 Å². The monoisotopic (exact) mass is 246 g/mol. The number of pyridine rings is 1. The van der Waals surface area contributed by atoms with Crippen LogP contribution in [0.3, 0.4) is 0 Å². The lowest BCUT2D eigenvalue weighted by Crippen LogP contribution is -2.13. The lowest BCUT2D eigenvalue weighted by Gasteiger charge is -2.13. The van der Waals surface area contributed by atoms with Crippen molar-refractivity contribution in [2.24, 2.45) is 0 Å². The van der Waals surface area contributed by atoms with E-state index in [9.17, 15) is 0 Å². The van der Waals surface area contributed by atoms with Gasteiger partial charge in [0.05, 0.1) is 11.6 Å². The van der Waals surface area contributed by atoms with Crippen molar-refractivity contribution in [3.05, 3.63) is 77.5 Å². The molecular formula is C17H14N2. The molecule has 1 unspecified atom stereocenters. The molecule has 0 radical (unpaired) electrons. The van der Waals surface area contributed by atoms with Gasteiger partial charge in [0.25, 0.3) is 0 Å². The second-order valence-electron chi connectivity index (χ2n) is 4.97. The first kappa shape index (κ1) is 10.7. The fourth-order valence-corrected chi connectivity index (χ4v) is 2.84. The van der Waals surface area contributed by atoms with Crippen molar-refractivity contribution in [1.82, 2.24) is 10.3 Å². The number of hydrogen-bond donors (Lipinski definition) is 1. The molecule has 4 rings (SSSR count). The zero-order valence-electron chi connectivity index (χ0n) is 10.5. The predicted octanol–water partition coefficient (Wildman–Crippen LogP) is 3.43. The molecule has 2 heterocycles. The average molecular weight is 246 g/mol. The first-order valence-electron chi connectivity index (χ1n) is 6.58. The number of aromatic nitrogens is 1. The minimum atomic E-state index is 0.272. The van der Waals surface area contributed by atoms with E-state index in [4.69, 9.17) is 0 Å². The van der Waals surface area contributed by atoms with Gasteiger partial charge in [0.1, 0.15) is 0 Å². The van der Waals surface area contributed by atoms with Gasteiger partial charge in [0.2, 0.25) is 0 Å². The molecule has 0 aliphatic carbocycles. The number of nitrogens with one attached hydrogen (secondary N) is 1. The topological polar surface area (TPSA) is 24.9 Å². The van der Waals surface area contributed by atoms with E-state index in [0.29, 0.717) is 0 Å². The molecule has 0 fully saturated rings. The summed E-state index contributed by atoms with van der Waals surface area (Å²) in [6.07, 6.45) is 1.99. The van der Waals surface area contributed by atoms with Gasteiger partial charge in [0, 0.05) is 18.1 Å². The SMILES string of the molecule is c1ccc2c(c1)CNC2c1cnc2ccccc2c1. The second-order valence-corrected chi connectivity index (χ2v) is 4.97. The van der Waals surface area contributed by atoms with Crippen LogP contribution in [0.25, 0.3) is 10.9 Å². The van der Waals surface area contributed by atoms with Crippen LogP contribution in [0.2, 0.25) is 0 Å². The van der Waals surface area contributed by atoms with E-state index >= 15 is 0 Å². The van der Waals surface area contributed by atoms with Crippen LogP contribution in [0.15, 0.2) is 60.8 Å². The summed E-state index contributed by atoms with van der Waals surface area (Å²) in [5.74, 6) is 0. The van der Waals surface area contributed by atoms with Gasteiger partial charge >= 0.3 is 0 Å². The lowest BCUT2D eigenvalue weighted by molar-refractivity contribution is 0.666. The van der Waals surface area contributed by atoms with Crippen molar-refractivity contribution in [3.63, 3.8) is 0 Å². The molecule has 1 N–H and O–H groups in total. The summed E-state index contributed by atoms with van der Waals surface area (Å²) >= 11 is 0. The Kier molecular flexibility index (Phi) is 2.35. The lowest BCUT2D eigenvalue weighted by atomic mass is 9.99. The average Bonchev–Trinajstić information content (AvgIpc) is 2.91. The molecule has 0 saturated heterocycles. The van der Waals surface area contributed by atoms with Gasteiger partial charge < -0.3 is 5.32 Å². The smallest absolute Gasteiger partial charge is 0.0702 e. The Morgan fingerprint density at radius 1 is 1.00 bits per heavy atom. The number of benzene rings is 2. The number of para-hydroxylation sites is 1. The van der Waals surface area contributed by atoms with Crippen LogP contribution in [-0.4, -0.2) is 4.98 Å². The normalized spacial score (nSPS) is 17.6. The van der Waals surface area contributed by atoms with Gasteiger partial charge in [-0.3, -0.25) is 4.98 Å². The minimum Gasteiger partial charge on any atom is -0.302 e. The maximum absolute atomic E-state index is 4.56. The highest BCUT2D eigenvalue weighted by Crippen LogP contribution is 2.31. The maximum Gasteiger partial charge on any atom is 0.0702 e. The first-order chi connectivity index (χ1) is 9.42. The van der Waals surface area contributed by atoms with E-state index in [-0.39, 0.29) is 6.04 Å². The van der Waals surface area contributed by atoms with Crippen LogP contribution in [0.1, 0.15) is 22.7 Å². The Labute approximate surface area is 112 Å². The highest BCUT2D eigenvalue weighted by atomic mass is 14.9. The van der Waals surface area contributed by atoms with Crippen LogP contribution < -0.4 is 5.32 Å². The van der Waals surface area contributed by atoms with Crippen LogP contribution in [0, 0.1) is 0 Å². The molecule has 0 saturated carbocycles. The molecule has 1 aliphatic heterocycles. The molecule has 2 nitrogen and oxygen atoms in total. The van der Waals surface area contributed by atoms with E-state index < -0.39 is 0 Å². The molecule has 2 aromatic carbocycles. The third-order valence-corrected chi connectivity index (χ3v) is 3.81. The summed E-state index contributed by atoms with van der Waals surface area (Å²) in [5.41, 5.74) is 5.06. The van der Waals surface area contributed by atoms with E-state index in [1.807, 2.05) is 12.3 Å². The zero-order valence-corrected chi connectivity index (χ0v) is 10.5. The summed E-state index contributed by atoms with van der Waals surface area (Å²) in [6, 6.07) is 19.4. The van der Waals surface area contributed by atoms with Crippen molar-refractivity contribution in [1.29, 1.82) is 0 Å². The van der Waals surface area contributed by atoms with Gasteiger partial charge in [0.15, 0.2) is 0 Å². The molecule has 1 atom stereocenters. The summed E-state index contributed by atoms with van der Waals surface area (Å²) in [6.45, 7) is 0.938. The minimum absolute atomic E-state index is 0.272. The van der Waals surface area contributed by atoms with Crippen molar-refractivity contribution < 1.29 is 0 Å². The maximum atomic E-state index is 4.56. The molecular weight excluding hydrogens is 232 g/mol. The Balaban J connectivity index is 1.83. The van der Waals surface area contributed by atoms with Crippen LogP contribution in [-0.2, 0) is 6.54 Å². The Morgan fingerprint density at radius 3 is 2.84 bits per heavy atom. The fourth-order valence-electron chi connectivity index (χ4n) is 2.84. The number of nitrogens with zero attached hydrogens (tertiary/aromatic N) is 1. The van der Waals surface area contributed by atoms with Crippen molar-refractivity contribution in [2.75, 3.05) is 0 Å². The van der Waals surface area contributed by atoms with E-state index in [2.05, 4.69) is 58.8 Å². The zero-order chi connectivity index (χ0) is 12.7. The molecule has 1 aliphatic rings. The second kappa shape index (κ2) is 4.18. The Hall–Kier alpha value is -2.19. The highest BCUT2D eigenvalue weighted by molar-refractivity contribution is 5.79. The molecule has 19 heavy (non-hydrogen) atoms. The summed E-state index contributed by atoms with van der Waals surface area (Å²) in [5, 5.41) is 4.76. The van der Waals surface area contributed by atoms with Gasteiger partial charge in [-0.2, -0.15) is 0 Å². The number of fused-ring (bicyclic) bond motifs is 2. The standard InChI is InChI=1S/C17H14N2/c1-3-7-15-13(6-1)10-19-17(15)14-9-12-5-2-4-8-16(12)18-11-14/h1-9,11,17,19H,10H2. The van der Waals surface area contributed by atoms with Crippen molar-refractivity contribution in [3.8, 4) is 0 Å². The third kappa shape index (κ3) is 1.72. The first-order valence-corrected chi connectivity index (χ1v) is 6.58. The molecule has 2 heteroatoms. The molecule has 3 aromatic rings. The highest BCUT2D eigenvalue weighted by Gasteiger charge is 2.22. The van der Waals surface area contributed by atoms with Crippen molar-refractivity contribution in [2.45, 2.75) is 12.6 Å². The van der Waals surface area contributed by atoms with Gasteiger partial charge in [-0.1, -0.05) is 42.5 Å².